The van der Waals surface area contributed by atoms with Crippen LogP contribution in [0.25, 0.3) is 10.2 Å². The molecule has 0 saturated heterocycles. The lowest BCUT2D eigenvalue weighted by Gasteiger charge is -2.13. The summed E-state index contributed by atoms with van der Waals surface area (Å²) in [6.07, 6.45) is -5.25. The minimum Gasteiger partial charge on any atom is -0.447 e. The van der Waals surface area contributed by atoms with E-state index in [4.69, 9.17) is 9.47 Å². The summed E-state index contributed by atoms with van der Waals surface area (Å²) in [6, 6.07) is 13.7. The zero-order valence-corrected chi connectivity index (χ0v) is 22.0. The lowest BCUT2D eigenvalue weighted by atomic mass is 10.1. The molecule has 208 valence electrons. The van der Waals surface area contributed by atoms with E-state index in [1.807, 2.05) is 0 Å². The number of alkyl halides is 3. The number of nitrogens with zero attached hydrogens (tertiary/aromatic N) is 1. The number of aryl methyl sites for hydroxylation is 1. The number of rotatable bonds is 8. The number of amides is 3. The largest absolute Gasteiger partial charge is 0.447 e. The van der Waals surface area contributed by atoms with Crippen LogP contribution in [-0.4, -0.2) is 43.2 Å². The average Bonchev–Trinajstić information content (AvgIpc) is 3.31. The molecule has 13 heteroatoms. The van der Waals surface area contributed by atoms with Crippen molar-refractivity contribution in [2.45, 2.75) is 13.1 Å². The van der Waals surface area contributed by atoms with Crippen molar-refractivity contribution in [1.82, 2.24) is 4.98 Å². The molecule has 1 heterocycles. The third-order valence-electron chi connectivity index (χ3n) is 5.58. The number of carbonyl (C=O) groups is 3. The smallest absolute Gasteiger partial charge is 0.416 e. The van der Waals surface area contributed by atoms with Crippen LogP contribution < -0.4 is 16.0 Å². The number of ether oxygens (including phenoxy) is 2. The van der Waals surface area contributed by atoms with Gasteiger partial charge < -0.3 is 20.1 Å². The molecule has 0 aliphatic rings. The van der Waals surface area contributed by atoms with E-state index in [0.717, 1.165) is 29.5 Å². The Morgan fingerprint density at radius 2 is 1.65 bits per heavy atom. The van der Waals surface area contributed by atoms with Gasteiger partial charge in [-0.2, -0.15) is 13.2 Å². The van der Waals surface area contributed by atoms with Crippen LogP contribution in [-0.2, 0) is 15.7 Å². The third-order valence-corrected chi connectivity index (χ3v) is 6.51. The Balaban J connectivity index is 1.45. The average molecular weight is 573 g/mol. The van der Waals surface area contributed by atoms with Crippen LogP contribution in [0.3, 0.4) is 0 Å². The molecule has 0 aliphatic heterocycles. The number of aromatic nitrogens is 1. The molecule has 3 N–H and O–H groups in total. The zero-order valence-electron chi connectivity index (χ0n) is 21.2. The first-order valence-electron chi connectivity index (χ1n) is 11.8. The molecule has 4 aromatic rings. The molecular weight excluding hydrogens is 549 g/mol. The summed E-state index contributed by atoms with van der Waals surface area (Å²) >= 11 is 1.16. The highest BCUT2D eigenvalue weighted by Crippen LogP contribution is 2.30. The van der Waals surface area contributed by atoms with Gasteiger partial charge in [0.2, 0.25) is 0 Å². The predicted octanol–water partition coefficient (Wildman–Crippen LogP) is 6.32. The van der Waals surface area contributed by atoms with Gasteiger partial charge in [0.1, 0.15) is 6.61 Å². The molecule has 0 spiro atoms. The molecule has 0 bridgehead atoms. The zero-order chi connectivity index (χ0) is 28.9. The molecule has 3 aromatic carbocycles. The molecule has 0 aliphatic carbocycles. The van der Waals surface area contributed by atoms with E-state index in [2.05, 4.69) is 20.9 Å². The molecular formula is C27H23F3N4O5S. The van der Waals surface area contributed by atoms with Gasteiger partial charge in [-0.1, -0.05) is 23.5 Å². The summed E-state index contributed by atoms with van der Waals surface area (Å²) in [5, 5.41) is 8.18. The monoisotopic (exact) mass is 572 g/mol. The Labute approximate surface area is 230 Å². The van der Waals surface area contributed by atoms with Crippen molar-refractivity contribution >= 4 is 56.0 Å². The SMILES string of the molecule is COCCOC(=O)Nc1nc2ccc(C(=O)Nc3cc(NC(=O)c4cccc(C(F)(F)F)c4)ccc3C)cc2s1. The highest BCUT2D eigenvalue weighted by atomic mass is 32.1. The second-order valence-electron chi connectivity index (χ2n) is 8.47. The number of methoxy groups -OCH3 is 1. The number of halogens is 3. The van der Waals surface area contributed by atoms with Gasteiger partial charge in [-0.3, -0.25) is 14.9 Å². The summed E-state index contributed by atoms with van der Waals surface area (Å²) in [6.45, 7) is 2.10. The second-order valence-corrected chi connectivity index (χ2v) is 9.50. The second kappa shape index (κ2) is 12.1. The van der Waals surface area contributed by atoms with Crippen molar-refractivity contribution in [2.75, 3.05) is 36.3 Å². The summed E-state index contributed by atoms with van der Waals surface area (Å²) < 4.78 is 49.4. The number of hydrogen-bond donors (Lipinski definition) is 3. The van der Waals surface area contributed by atoms with E-state index in [0.29, 0.717) is 32.2 Å². The summed E-state index contributed by atoms with van der Waals surface area (Å²) in [4.78, 5) is 41.7. The van der Waals surface area contributed by atoms with Crippen LogP contribution in [0.1, 0.15) is 31.8 Å². The number of anilines is 3. The van der Waals surface area contributed by atoms with Crippen molar-refractivity contribution in [1.29, 1.82) is 0 Å². The Kier molecular flexibility index (Phi) is 8.65. The number of thiazole rings is 1. The van der Waals surface area contributed by atoms with E-state index in [1.54, 1.807) is 37.3 Å². The van der Waals surface area contributed by atoms with Crippen LogP contribution in [0.15, 0.2) is 60.7 Å². The minimum absolute atomic E-state index is 0.0904. The third kappa shape index (κ3) is 7.12. The predicted molar refractivity (Wildman–Crippen MR) is 145 cm³/mol. The number of carbonyl (C=O) groups excluding carboxylic acids is 3. The van der Waals surface area contributed by atoms with E-state index in [9.17, 15) is 27.6 Å². The summed E-state index contributed by atoms with van der Waals surface area (Å²) in [5.41, 5.74) is 1.19. The Bertz CT molecular complexity index is 1570. The quantitative estimate of drug-likeness (QED) is 0.213. The van der Waals surface area contributed by atoms with Crippen molar-refractivity contribution < 1.29 is 37.0 Å². The lowest BCUT2D eigenvalue weighted by molar-refractivity contribution is -0.137. The topological polar surface area (TPSA) is 119 Å². The van der Waals surface area contributed by atoms with Crippen molar-refractivity contribution in [3.8, 4) is 0 Å². The fourth-order valence-corrected chi connectivity index (χ4v) is 4.42. The summed E-state index contributed by atoms with van der Waals surface area (Å²) in [7, 11) is 1.49. The molecule has 9 nitrogen and oxygen atoms in total. The maximum absolute atomic E-state index is 13.0. The van der Waals surface area contributed by atoms with Crippen LogP contribution in [0.5, 0.6) is 0 Å². The van der Waals surface area contributed by atoms with Crippen molar-refractivity contribution in [2.24, 2.45) is 0 Å². The molecule has 0 saturated carbocycles. The maximum atomic E-state index is 13.0. The van der Waals surface area contributed by atoms with E-state index >= 15 is 0 Å². The molecule has 0 unspecified atom stereocenters. The van der Waals surface area contributed by atoms with Crippen LogP contribution in [0, 0.1) is 6.92 Å². The molecule has 0 fully saturated rings. The van der Waals surface area contributed by atoms with Gasteiger partial charge in [0.25, 0.3) is 11.8 Å². The molecule has 0 radical (unpaired) electrons. The van der Waals surface area contributed by atoms with E-state index in [-0.39, 0.29) is 24.5 Å². The van der Waals surface area contributed by atoms with Gasteiger partial charge in [-0.15, -0.1) is 0 Å². The first-order valence-corrected chi connectivity index (χ1v) is 12.6. The first-order chi connectivity index (χ1) is 19.0. The number of benzene rings is 3. The van der Waals surface area contributed by atoms with Crippen molar-refractivity contribution in [3.05, 3.63) is 82.9 Å². The standard InChI is InChI=1S/C27H23F3N4O5S/c1-15-6-8-19(31-23(35)16-4-3-5-18(12-16)27(28,29)30)14-21(15)32-24(36)17-7-9-20-22(13-17)40-25(33-20)34-26(37)39-11-10-38-2/h3-9,12-14H,10-11H2,1-2H3,(H,31,35)(H,32,36)(H,33,34,37). The normalized spacial score (nSPS) is 11.2. The van der Waals surface area contributed by atoms with Gasteiger partial charge in [0, 0.05) is 29.6 Å². The Morgan fingerprint density at radius 1 is 0.900 bits per heavy atom. The van der Waals surface area contributed by atoms with E-state index < -0.39 is 29.6 Å². The Hall–Kier alpha value is -4.49. The van der Waals surface area contributed by atoms with Gasteiger partial charge in [0.15, 0.2) is 5.13 Å². The Morgan fingerprint density at radius 3 is 2.40 bits per heavy atom. The number of hydrogen-bond acceptors (Lipinski definition) is 7. The van der Waals surface area contributed by atoms with Gasteiger partial charge in [-0.25, -0.2) is 9.78 Å². The fraction of sp³-hybridized carbons (Fsp3) is 0.185. The van der Waals surface area contributed by atoms with Crippen LogP contribution in [0.4, 0.5) is 34.5 Å². The van der Waals surface area contributed by atoms with Crippen LogP contribution >= 0.6 is 11.3 Å². The lowest BCUT2D eigenvalue weighted by Crippen LogP contribution is -2.16. The van der Waals surface area contributed by atoms with Gasteiger partial charge in [-0.05, 0) is 61.0 Å². The molecule has 0 atom stereocenters. The molecule has 1 aromatic heterocycles. The molecule has 40 heavy (non-hydrogen) atoms. The highest BCUT2D eigenvalue weighted by molar-refractivity contribution is 7.22. The molecule has 3 amide bonds. The maximum Gasteiger partial charge on any atom is 0.416 e. The molecule has 4 rings (SSSR count). The van der Waals surface area contributed by atoms with Crippen LogP contribution in [0.2, 0.25) is 0 Å². The summed E-state index contributed by atoms with van der Waals surface area (Å²) in [5.74, 6) is -1.16. The van der Waals surface area contributed by atoms with Gasteiger partial charge in [0.05, 0.1) is 22.4 Å². The van der Waals surface area contributed by atoms with Gasteiger partial charge >= 0.3 is 12.3 Å². The number of nitrogens with one attached hydrogen (secondary N) is 3. The highest BCUT2D eigenvalue weighted by Gasteiger charge is 2.31. The number of fused-ring (bicyclic) bond motifs is 1. The fourth-order valence-electron chi connectivity index (χ4n) is 3.53. The van der Waals surface area contributed by atoms with E-state index in [1.165, 1.54) is 19.2 Å². The minimum atomic E-state index is -4.58. The first kappa shape index (κ1) is 28.5. The van der Waals surface area contributed by atoms with Crippen molar-refractivity contribution in [3.63, 3.8) is 0 Å².